The Labute approximate surface area is 75.7 Å². The second-order valence-electron chi connectivity index (χ2n) is 2.07. The number of alkyl carbamates (subject to hydrolysis) is 1. The van der Waals surface area contributed by atoms with Gasteiger partial charge in [-0.15, -0.1) is 0 Å². The average Bonchev–Trinajstić information content (AvgIpc) is 2.13. The van der Waals surface area contributed by atoms with Crippen molar-refractivity contribution in [1.82, 2.24) is 5.32 Å². The van der Waals surface area contributed by atoms with Gasteiger partial charge in [0.2, 0.25) is 0 Å². The maximum atomic E-state index is 10.6. The van der Waals surface area contributed by atoms with Gasteiger partial charge in [0.05, 0.1) is 12.8 Å². The first kappa shape index (κ1) is 11.3. The lowest BCUT2D eigenvalue weighted by Gasteiger charge is -2.02. The Morgan fingerprint density at radius 2 is 2.15 bits per heavy atom. The predicted octanol–water partition coefficient (Wildman–Crippen LogP) is -0.642. The molecule has 0 spiro atoms. The minimum atomic E-state index is -0.610. The number of hydrogen-bond donors (Lipinski definition) is 2. The number of carbonyl (C=O) groups is 2. The Bertz CT molecular complexity index is 225. The second kappa shape index (κ2) is 5.87. The molecular weight excluding hydrogens is 176 g/mol. The molecule has 0 aromatic rings. The molecule has 0 heterocycles. The van der Waals surface area contributed by atoms with Crippen molar-refractivity contribution in [3.8, 4) is 0 Å². The van der Waals surface area contributed by atoms with Gasteiger partial charge in [-0.05, 0) is 0 Å². The first-order valence-electron chi connectivity index (χ1n) is 3.48. The van der Waals surface area contributed by atoms with E-state index in [0.717, 1.165) is 6.08 Å². The Hall–Kier alpha value is -1.72. The SMILES string of the molecule is CNC(=O)OCC(N)=CC(=O)OC. The Morgan fingerprint density at radius 1 is 1.54 bits per heavy atom. The van der Waals surface area contributed by atoms with Gasteiger partial charge in [0.1, 0.15) is 6.61 Å². The molecule has 3 N–H and O–H groups in total. The molecule has 0 aliphatic rings. The highest BCUT2D eigenvalue weighted by molar-refractivity contribution is 5.82. The molecule has 0 aromatic carbocycles. The lowest BCUT2D eigenvalue weighted by molar-refractivity contribution is -0.134. The van der Waals surface area contributed by atoms with E-state index < -0.39 is 12.1 Å². The smallest absolute Gasteiger partial charge is 0.407 e. The van der Waals surface area contributed by atoms with Gasteiger partial charge in [-0.25, -0.2) is 9.59 Å². The fourth-order valence-electron chi connectivity index (χ4n) is 0.473. The van der Waals surface area contributed by atoms with Crippen LogP contribution in [0.15, 0.2) is 11.8 Å². The molecule has 6 nitrogen and oxygen atoms in total. The van der Waals surface area contributed by atoms with Crippen LogP contribution in [0.25, 0.3) is 0 Å². The van der Waals surface area contributed by atoms with Gasteiger partial charge in [-0.2, -0.15) is 0 Å². The van der Waals surface area contributed by atoms with E-state index in [1.54, 1.807) is 0 Å². The van der Waals surface area contributed by atoms with Crippen LogP contribution in [0.3, 0.4) is 0 Å². The summed E-state index contributed by atoms with van der Waals surface area (Å²) in [4.78, 5) is 21.1. The normalized spacial score (nSPS) is 10.5. The zero-order valence-electron chi connectivity index (χ0n) is 7.49. The summed E-state index contributed by atoms with van der Waals surface area (Å²) in [6.45, 7) is -0.144. The lowest BCUT2D eigenvalue weighted by Crippen LogP contribution is -2.22. The monoisotopic (exact) mass is 188 g/mol. The van der Waals surface area contributed by atoms with Gasteiger partial charge in [0.25, 0.3) is 0 Å². The molecule has 0 aliphatic carbocycles. The van der Waals surface area contributed by atoms with Crippen LogP contribution in [0.5, 0.6) is 0 Å². The van der Waals surface area contributed by atoms with Crippen molar-refractivity contribution >= 4 is 12.1 Å². The van der Waals surface area contributed by atoms with Crippen molar-refractivity contribution in [2.45, 2.75) is 0 Å². The quantitative estimate of drug-likeness (QED) is 0.454. The minimum Gasteiger partial charge on any atom is -0.466 e. The van der Waals surface area contributed by atoms with Crippen molar-refractivity contribution in [1.29, 1.82) is 0 Å². The number of esters is 1. The molecule has 13 heavy (non-hydrogen) atoms. The number of carbonyl (C=O) groups excluding carboxylic acids is 2. The summed E-state index contributed by atoms with van der Waals surface area (Å²) in [5.74, 6) is -0.585. The summed E-state index contributed by atoms with van der Waals surface area (Å²) in [6, 6.07) is 0. The number of ether oxygens (including phenoxy) is 2. The summed E-state index contributed by atoms with van der Waals surface area (Å²) >= 11 is 0. The molecule has 0 saturated heterocycles. The first-order chi connectivity index (χ1) is 6.10. The Balaban J connectivity index is 3.86. The maximum absolute atomic E-state index is 10.6. The zero-order valence-corrected chi connectivity index (χ0v) is 7.49. The molecule has 6 heteroatoms. The highest BCUT2D eigenvalue weighted by Gasteiger charge is 2.01. The van der Waals surface area contributed by atoms with Gasteiger partial charge in [-0.3, -0.25) is 0 Å². The largest absolute Gasteiger partial charge is 0.466 e. The summed E-state index contributed by atoms with van der Waals surface area (Å²) in [7, 11) is 2.65. The van der Waals surface area contributed by atoms with Gasteiger partial charge >= 0.3 is 12.1 Å². The number of amides is 1. The maximum Gasteiger partial charge on any atom is 0.407 e. The second-order valence-corrected chi connectivity index (χ2v) is 2.07. The fraction of sp³-hybridized carbons (Fsp3) is 0.429. The van der Waals surface area contributed by atoms with Crippen LogP contribution in [0, 0.1) is 0 Å². The Kier molecular flexibility index (Phi) is 5.09. The van der Waals surface area contributed by atoms with Crippen LogP contribution < -0.4 is 11.1 Å². The molecule has 0 saturated carbocycles. The molecule has 0 aliphatic heterocycles. The predicted molar refractivity (Wildman–Crippen MR) is 44.7 cm³/mol. The van der Waals surface area contributed by atoms with Crippen LogP contribution in [0.1, 0.15) is 0 Å². The van der Waals surface area contributed by atoms with E-state index in [2.05, 4.69) is 14.8 Å². The van der Waals surface area contributed by atoms with Gasteiger partial charge in [0, 0.05) is 13.1 Å². The van der Waals surface area contributed by atoms with Crippen LogP contribution in [-0.4, -0.2) is 32.8 Å². The third-order valence-corrected chi connectivity index (χ3v) is 1.08. The van der Waals surface area contributed by atoms with Crippen molar-refractivity contribution in [2.75, 3.05) is 20.8 Å². The molecule has 0 atom stereocenters. The van der Waals surface area contributed by atoms with Crippen molar-refractivity contribution < 1.29 is 19.1 Å². The molecule has 0 radical (unpaired) electrons. The molecule has 0 rings (SSSR count). The highest BCUT2D eigenvalue weighted by atomic mass is 16.5. The van der Waals surface area contributed by atoms with Crippen molar-refractivity contribution in [3.05, 3.63) is 11.8 Å². The van der Waals surface area contributed by atoms with Gasteiger partial charge < -0.3 is 20.5 Å². The average molecular weight is 188 g/mol. The summed E-state index contributed by atoms with van der Waals surface area (Å²) in [6.07, 6.45) is 0.435. The standard InChI is InChI=1S/C7H12N2O4/c1-9-7(11)13-4-5(8)3-6(10)12-2/h3H,4,8H2,1-2H3,(H,9,11). The van der Waals surface area contributed by atoms with E-state index in [1.165, 1.54) is 14.2 Å². The molecule has 0 fully saturated rings. The molecule has 74 valence electrons. The number of rotatable bonds is 3. The summed E-state index contributed by atoms with van der Waals surface area (Å²) < 4.78 is 8.85. The van der Waals surface area contributed by atoms with E-state index in [1.807, 2.05) is 0 Å². The van der Waals surface area contributed by atoms with E-state index in [4.69, 9.17) is 5.73 Å². The number of nitrogens with one attached hydrogen (secondary N) is 1. The first-order valence-corrected chi connectivity index (χ1v) is 3.48. The van der Waals surface area contributed by atoms with Crippen LogP contribution >= 0.6 is 0 Å². The van der Waals surface area contributed by atoms with E-state index in [0.29, 0.717) is 0 Å². The van der Waals surface area contributed by atoms with E-state index >= 15 is 0 Å². The summed E-state index contributed by atoms with van der Waals surface area (Å²) in [5.41, 5.74) is 5.43. The van der Waals surface area contributed by atoms with E-state index in [-0.39, 0.29) is 12.3 Å². The minimum absolute atomic E-state index is 0.121. The van der Waals surface area contributed by atoms with Gasteiger partial charge in [-0.1, -0.05) is 0 Å². The molecular formula is C7H12N2O4. The van der Waals surface area contributed by atoms with Crippen LogP contribution in [0.2, 0.25) is 0 Å². The summed E-state index contributed by atoms with van der Waals surface area (Å²) in [5, 5.41) is 2.23. The number of methoxy groups -OCH3 is 1. The lowest BCUT2D eigenvalue weighted by atomic mass is 10.4. The van der Waals surface area contributed by atoms with E-state index in [9.17, 15) is 9.59 Å². The molecule has 0 bridgehead atoms. The number of hydrogen-bond acceptors (Lipinski definition) is 5. The highest BCUT2D eigenvalue weighted by Crippen LogP contribution is 1.88. The van der Waals surface area contributed by atoms with Crippen molar-refractivity contribution in [3.63, 3.8) is 0 Å². The third-order valence-electron chi connectivity index (χ3n) is 1.08. The molecule has 1 amide bonds. The fourth-order valence-corrected chi connectivity index (χ4v) is 0.473. The zero-order chi connectivity index (χ0) is 10.3. The number of nitrogens with two attached hydrogens (primary N) is 1. The van der Waals surface area contributed by atoms with Crippen LogP contribution in [0.4, 0.5) is 4.79 Å². The van der Waals surface area contributed by atoms with Crippen LogP contribution in [-0.2, 0) is 14.3 Å². The molecule has 0 unspecified atom stereocenters. The Morgan fingerprint density at radius 3 is 2.62 bits per heavy atom. The molecule has 0 aromatic heterocycles. The van der Waals surface area contributed by atoms with Crippen molar-refractivity contribution in [2.24, 2.45) is 5.73 Å². The topological polar surface area (TPSA) is 90.6 Å². The van der Waals surface area contributed by atoms with Gasteiger partial charge in [0.15, 0.2) is 0 Å². The third kappa shape index (κ3) is 5.54.